The smallest absolute Gasteiger partial charge is 0.225 e. The van der Waals surface area contributed by atoms with Gasteiger partial charge in [0.1, 0.15) is 5.75 Å². The molecule has 2 aromatic carbocycles. The Bertz CT molecular complexity index is 850. The number of ether oxygens (including phenoxy) is 1. The quantitative estimate of drug-likeness (QED) is 0.637. The maximum Gasteiger partial charge on any atom is 0.225 e. The zero-order valence-electron chi connectivity index (χ0n) is 18.7. The first-order valence-electron chi connectivity index (χ1n) is 11.0. The van der Waals surface area contributed by atoms with E-state index in [1.54, 1.807) is 12.0 Å². The molecule has 31 heavy (non-hydrogen) atoms. The lowest BCUT2D eigenvalue weighted by Gasteiger charge is -2.30. The van der Waals surface area contributed by atoms with Gasteiger partial charge in [-0.15, -0.1) is 0 Å². The summed E-state index contributed by atoms with van der Waals surface area (Å²) in [5.74, 6) is 0.465. The Morgan fingerprint density at radius 1 is 1.13 bits per heavy atom. The van der Waals surface area contributed by atoms with Crippen LogP contribution in [0.4, 0.5) is 0 Å². The van der Waals surface area contributed by atoms with Crippen molar-refractivity contribution in [1.29, 1.82) is 0 Å². The topological polar surface area (TPSA) is 61.9 Å². The average molecular weight is 424 g/mol. The summed E-state index contributed by atoms with van der Waals surface area (Å²) in [6.45, 7) is 7.58. The summed E-state index contributed by atoms with van der Waals surface area (Å²) >= 11 is 0. The summed E-state index contributed by atoms with van der Waals surface area (Å²) in [5.41, 5.74) is 2.22. The van der Waals surface area contributed by atoms with Gasteiger partial charge in [-0.2, -0.15) is 0 Å². The van der Waals surface area contributed by atoms with Crippen LogP contribution in [0, 0.1) is 5.92 Å². The average Bonchev–Trinajstić information content (AvgIpc) is 3.17. The van der Waals surface area contributed by atoms with Gasteiger partial charge in [-0.3, -0.25) is 14.5 Å². The number of likely N-dealkylation sites (tertiary alicyclic amines) is 1. The normalized spacial score (nSPS) is 17.1. The zero-order valence-corrected chi connectivity index (χ0v) is 18.7. The number of hydrogen-bond acceptors (Lipinski definition) is 4. The molecule has 1 heterocycles. The monoisotopic (exact) mass is 423 g/mol. The van der Waals surface area contributed by atoms with Gasteiger partial charge in [0, 0.05) is 26.1 Å². The first-order chi connectivity index (χ1) is 15.0. The molecule has 0 saturated carbocycles. The van der Waals surface area contributed by atoms with Crippen molar-refractivity contribution in [2.45, 2.75) is 32.9 Å². The van der Waals surface area contributed by atoms with Crippen LogP contribution in [-0.4, -0.2) is 54.9 Å². The Balaban J connectivity index is 1.58. The molecule has 2 atom stereocenters. The minimum atomic E-state index is -0.307. The molecule has 1 saturated heterocycles. The van der Waals surface area contributed by atoms with Gasteiger partial charge in [-0.1, -0.05) is 56.3 Å². The van der Waals surface area contributed by atoms with Crippen molar-refractivity contribution in [2.75, 3.05) is 33.3 Å². The second-order valence-electron chi connectivity index (χ2n) is 7.92. The van der Waals surface area contributed by atoms with Crippen LogP contribution in [0.25, 0.3) is 0 Å². The lowest BCUT2D eigenvalue weighted by atomic mass is 10.0. The lowest BCUT2D eigenvalue weighted by molar-refractivity contribution is -0.129. The summed E-state index contributed by atoms with van der Waals surface area (Å²) in [6, 6.07) is 18.1. The van der Waals surface area contributed by atoms with Crippen LogP contribution < -0.4 is 10.1 Å². The molecule has 2 unspecified atom stereocenters. The predicted octanol–water partition coefficient (Wildman–Crippen LogP) is 3.24. The SMILES string of the molecule is CCN(CC)C(CNC(=O)C1CC(=O)N(Cc2ccc(OC)cc2)C1)c1ccccc1. The van der Waals surface area contributed by atoms with E-state index < -0.39 is 0 Å². The van der Waals surface area contributed by atoms with E-state index in [0.717, 1.165) is 24.4 Å². The molecule has 6 heteroatoms. The van der Waals surface area contributed by atoms with E-state index >= 15 is 0 Å². The maximum absolute atomic E-state index is 12.9. The van der Waals surface area contributed by atoms with Crippen molar-refractivity contribution >= 4 is 11.8 Å². The molecule has 1 aliphatic heterocycles. The molecule has 2 amide bonds. The van der Waals surface area contributed by atoms with Crippen molar-refractivity contribution in [3.05, 3.63) is 65.7 Å². The fourth-order valence-electron chi connectivity index (χ4n) is 4.19. The van der Waals surface area contributed by atoms with Gasteiger partial charge >= 0.3 is 0 Å². The highest BCUT2D eigenvalue weighted by Crippen LogP contribution is 2.23. The molecule has 0 spiro atoms. The van der Waals surface area contributed by atoms with Gasteiger partial charge in [-0.05, 0) is 36.3 Å². The molecule has 2 aromatic rings. The highest BCUT2D eigenvalue weighted by Gasteiger charge is 2.34. The summed E-state index contributed by atoms with van der Waals surface area (Å²) in [6.07, 6.45) is 0.267. The second-order valence-corrected chi connectivity index (χ2v) is 7.92. The van der Waals surface area contributed by atoms with Gasteiger partial charge in [-0.25, -0.2) is 0 Å². The third kappa shape index (κ3) is 5.85. The number of nitrogens with zero attached hydrogens (tertiary/aromatic N) is 2. The van der Waals surface area contributed by atoms with Crippen LogP contribution in [0.15, 0.2) is 54.6 Å². The number of nitrogens with one attached hydrogen (secondary N) is 1. The molecular formula is C25H33N3O3. The highest BCUT2D eigenvalue weighted by molar-refractivity contribution is 5.89. The minimum Gasteiger partial charge on any atom is -0.497 e. The van der Waals surface area contributed by atoms with Crippen LogP contribution in [0.1, 0.15) is 37.4 Å². The Morgan fingerprint density at radius 2 is 1.81 bits per heavy atom. The Labute approximate surface area is 185 Å². The van der Waals surface area contributed by atoms with E-state index in [0.29, 0.717) is 19.6 Å². The van der Waals surface area contributed by atoms with E-state index in [2.05, 4.69) is 36.2 Å². The number of amides is 2. The summed E-state index contributed by atoms with van der Waals surface area (Å²) in [7, 11) is 1.63. The van der Waals surface area contributed by atoms with E-state index in [9.17, 15) is 9.59 Å². The number of likely N-dealkylation sites (N-methyl/N-ethyl adjacent to an activating group) is 1. The number of benzene rings is 2. The van der Waals surface area contributed by atoms with Crippen LogP contribution in [0.5, 0.6) is 5.75 Å². The maximum atomic E-state index is 12.9. The lowest BCUT2D eigenvalue weighted by Crippen LogP contribution is -2.40. The van der Waals surface area contributed by atoms with Crippen LogP contribution in [0.3, 0.4) is 0 Å². The van der Waals surface area contributed by atoms with Crippen LogP contribution in [-0.2, 0) is 16.1 Å². The van der Waals surface area contributed by atoms with E-state index in [1.807, 2.05) is 42.5 Å². The molecule has 0 bridgehead atoms. The summed E-state index contributed by atoms with van der Waals surface area (Å²) in [4.78, 5) is 29.5. The highest BCUT2D eigenvalue weighted by atomic mass is 16.5. The fourth-order valence-corrected chi connectivity index (χ4v) is 4.19. The van der Waals surface area contributed by atoms with Crippen molar-refractivity contribution in [3.8, 4) is 5.75 Å². The third-order valence-corrected chi connectivity index (χ3v) is 6.02. The van der Waals surface area contributed by atoms with Crippen molar-refractivity contribution in [1.82, 2.24) is 15.1 Å². The number of carbonyl (C=O) groups is 2. The molecule has 0 aromatic heterocycles. The first-order valence-corrected chi connectivity index (χ1v) is 11.0. The van der Waals surface area contributed by atoms with Gasteiger partial charge in [0.25, 0.3) is 0 Å². The molecule has 1 fully saturated rings. The van der Waals surface area contributed by atoms with Crippen LogP contribution >= 0.6 is 0 Å². The molecule has 1 N–H and O–H groups in total. The molecule has 0 aliphatic carbocycles. The minimum absolute atomic E-state index is 0.0271. The molecule has 6 nitrogen and oxygen atoms in total. The molecule has 166 valence electrons. The third-order valence-electron chi connectivity index (χ3n) is 6.02. The summed E-state index contributed by atoms with van der Waals surface area (Å²) < 4.78 is 5.18. The number of carbonyl (C=O) groups excluding carboxylic acids is 2. The Kier molecular flexibility index (Phi) is 8.06. The molecule has 3 rings (SSSR count). The van der Waals surface area contributed by atoms with Gasteiger partial charge in [0.15, 0.2) is 0 Å². The largest absolute Gasteiger partial charge is 0.497 e. The number of methoxy groups -OCH3 is 1. The van der Waals surface area contributed by atoms with Crippen molar-refractivity contribution < 1.29 is 14.3 Å². The fraction of sp³-hybridized carbons (Fsp3) is 0.440. The standard InChI is InChI=1S/C25H33N3O3/c1-4-27(5-2)23(20-9-7-6-8-10-20)16-26-25(30)21-15-24(29)28(18-21)17-19-11-13-22(31-3)14-12-19/h6-14,21,23H,4-5,15-18H2,1-3H3,(H,26,30). The van der Waals surface area contributed by atoms with E-state index in [-0.39, 0.29) is 30.2 Å². The summed E-state index contributed by atoms with van der Waals surface area (Å²) in [5, 5.41) is 3.12. The molecule has 1 aliphatic rings. The number of hydrogen-bond donors (Lipinski definition) is 1. The predicted molar refractivity (Wildman–Crippen MR) is 122 cm³/mol. The zero-order chi connectivity index (χ0) is 22.2. The van der Waals surface area contributed by atoms with Crippen molar-refractivity contribution in [3.63, 3.8) is 0 Å². The van der Waals surface area contributed by atoms with Crippen LogP contribution in [0.2, 0.25) is 0 Å². The first kappa shape index (κ1) is 22.8. The van der Waals surface area contributed by atoms with Gasteiger partial charge in [0.05, 0.1) is 19.1 Å². The molecular weight excluding hydrogens is 390 g/mol. The number of rotatable bonds is 10. The Morgan fingerprint density at radius 3 is 2.42 bits per heavy atom. The van der Waals surface area contributed by atoms with Crippen molar-refractivity contribution in [2.24, 2.45) is 5.92 Å². The van der Waals surface area contributed by atoms with E-state index in [4.69, 9.17) is 4.74 Å². The molecule has 0 radical (unpaired) electrons. The van der Waals surface area contributed by atoms with Gasteiger partial charge < -0.3 is 15.0 Å². The second kappa shape index (κ2) is 11.0. The van der Waals surface area contributed by atoms with Gasteiger partial charge in [0.2, 0.25) is 11.8 Å². The van der Waals surface area contributed by atoms with E-state index in [1.165, 1.54) is 5.56 Å². The Hall–Kier alpha value is -2.86.